The number of fused-ring (bicyclic) bond motifs is 1. The number of aromatic nitrogens is 2. The van der Waals surface area contributed by atoms with E-state index < -0.39 is 0 Å². The number of likely N-dealkylation sites (N-methyl/N-ethyl adjacent to an activating group) is 1. The lowest BCUT2D eigenvalue weighted by Crippen LogP contribution is -2.30. The van der Waals surface area contributed by atoms with Gasteiger partial charge in [0.2, 0.25) is 11.8 Å². The molecule has 0 aliphatic rings. The number of rotatable bonds is 5. The summed E-state index contributed by atoms with van der Waals surface area (Å²) in [5.74, 6) is 0.454. The number of benzene rings is 1. The fourth-order valence-corrected chi connectivity index (χ4v) is 3.16. The highest BCUT2D eigenvalue weighted by molar-refractivity contribution is 9.10. The molecule has 2 N–H and O–H groups in total. The molecule has 0 saturated carbocycles. The van der Waals surface area contributed by atoms with Crippen molar-refractivity contribution in [2.75, 3.05) is 18.9 Å². The monoisotopic (exact) mass is 418 g/mol. The number of amides is 1. The molecule has 136 valence electrons. The average molecular weight is 419 g/mol. The second-order valence-electron chi connectivity index (χ2n) is 6.22. The first-order chi connectivity index (χ1) is 12.3. The lowest BCUT2D eigenvalue weighted by molar-refractivity contribution is -0.117. The molecule has 0 aliphatic heterocycles. The Balaban J connectivity index is 1.72. The predicted octanol–water partition coefficient (Wildman–Crippen LogP) is 2.97. The summed E-state index contributed by atoms with van der Waals surface area (Å²) in [7, 11) is 1.86. The Morgan fingerprint density at radius 2 is 1.96 bits per heavy atom. The number of aromatic amines is 1. The Morgan fingerprint density at radius 3 is 2.65 bits per heavy atom. The molecule has 0 spiro atoms. The average Bonchev–Trinajstić information content (AvgIpc) is 2.90. The Bertz CT molecular complexity index is 1010. The highest BCUT2D eigenvalue weighted by Gasteiger charge is 2.19. The number of hydrogen-bond donors (Lipinski definition) is 2. The Kier molecular flexibility index (Phi) is 5.24. The van der Waals surface area contributed by atoms with Gasteiger partial charge in [-0.1, -0.05) is 28.1 Å². The van der Waals surface area contributed by atoms with Gasteiger partial charge in [0.05, 0.1) is 17.6 Å². The predicted molar refractivity (Wildman–Crippen MR) is 103 cm³/mol. The Morgan fingerprint density at radius 1 is 1.27 bits per heavy atom. The van der Waals surface area contributed by atoms with Gasteiger partial charge in [-0.25, -0.2) is 5.10 Å². The third-order valence-electron chi connectivity index (χ3n) is 4.03. The number of carbonyl (C=O) groups excluding carboxylic acids is 1. The molecule has 3 aromatic rings. The zero-order valence-corrected chi connectivity index (χ0v) is 16.3. The van der Waals surface area contributed by atoms with Crippen molar-refractivity contribution in [3.8, 4) is 0 Å². The summed E-state index contributed by atoms with van der Waals surface area (Å²) in [5, 5.41) is 10.0. The maximum absolute atomic E-state index is 12.4. The van der Waals surface area contributed by atoms with Gasteiger partial charge >= 0.3 is 0 Å². The van der Waals surface area contributed by atoms with Crippen molar-refractivity contribution in [1.82, 2.24) is 15.1 Å². The molecule has 7 nitrogen and oxygen atoms in total. The summed E-state index contributed by atoms with van der Waals surface area (Å²) in [4.78, 5) is 26.3. The highest BCUT2D eigenvalue weighted by Crippen LogP contribution is 2.28. The van der Waals surface area contributed by atoms with E-state index in [4.69, 9.17) is 4.42 Å². The minimum absolute atomic E-state index is 0.159. The molecular formula is C18H19BrN4O3. The molecule has 2 heterocycles. The van der Waals surface area contributed by atoms with Gasteiger partial charge < -0.3 is 4.42 Å². The number of aryl methyl sites for hydroxylation is 2. The highest BCUT2D eigenvalue weighted by atomic mass is 79.9. The normalized spacial score (nSPS) is 11.3. The molecule has 1 aromatic carbocycles. The molecule has 26 heavy (non-hydrogen) atoms. The van der Waals surface area contributed by atoms with Crippen molar-refractivity contribution in [3.05, 3.63) is 56.1 Å². The molecule has 8 heteroatoms. The number of anilines is 1. The Labute approximate surface area is 158 Å². The zero-order valence-electron chi connectivity index (χ0n) is 14.7. The van der Waals surface area contributed by atoms with Crippen molar-refractivity contribution in [3.63, 3.8) is 0 Å². The van der Waals surface area contributed by atoms with E-state index in [2.05, 4.69) is 31.4 Å². The topological polar surface area (TPSA) is 91.2 Å². The van der Waals surface area contributed by atoms with E-state index >= 15 is 0 Å². The van der Waals surface area contributed by atoms with Gasteiger partial charge in [-0.15, -0.1) is 0 Å². The van der Waals surface area contributed by atoms with Crippen LogP contribution in [-0.4, -0.2) is 34.6 Å². The quantitative estimate of drug-likeness (QED) is 0.664. The second kappa shape index (κ2) is 7.43. The van der Waals surface area contributed by atoms with E-state index in [1.54, 1.807) is 13.8 Å². The summed E-state index contributed by atoms with van der Waals surface area (Å²) in [6.45, 7) is 4.31. The molecule has 1 amide bonds. The van der Waals surface area contributed by atoms with E-state index in [-0.39, 0.29) is 23.9 Å². The minimum Gasteiger partial charge on any atom is -0.444 e. The molecule has 0 bridgehead atoms. The van der Waals surface area contributed by atoms with Gasteiger partial charge in [-0.2, -0.15) is 5.10 Å². The van der Waals surface area contributed by atoms with Gasteiger partial charge in [-0.05, 0) is 38.6 Å². The third-order valence-corrected chi connectivity index (χ3v) is 4.56. The lowest BCUT2D eigenvalue weighted by atomic mass is 10.2. The molecule has 0 radical (unpaired) electrons. The summed E-state index contributed by atoms with van der Waals surface area (Å²) < 4.78 is 6.61. The van der Waals surface area contributed by atoms with Crippen molar-refractivity contribution < 1.29 is 9.21 Å². The van der Waals surface area contributed by atoms with Crippen LogP contribution in [0.2, 0.25) is 0 Å². The lowest BCUT2D eigenvalue weighted by Gasteiger charge is -2.16. The van der Waals surface area contributed by atoms with Crippen molar-refractivity contribution >= 4 is 38.5 Å². The van der Waals surface area contributed by atoms with Crippen LogP contribution in [0.4, 0.5) is 5.88 Å². The van der Waals surface area contributed by atoms with Gasteiger partial charge in [0.25, 0.3) is 5.56 Å². The molecule has 0 aliphatic carbocycles. The molecular weight excluding hydrogens is 400 g/mol. The number of nitrogens with one attached hydrogen (secondary N) is 2. The van der Waals surface area contributed by atoms with Crippen molar-refractivity contribution in [2.45, 2.75) is 20.4 Å². The van der Waals surface area contributed by atoms with Crippen LogP contribution in [0.15, 0.2) is 37.9 Å². The smallest absolute Gasteiger partial charge is 0.277 e. The molecule has 0 unspecified atom stereocenters. The van der Waals surface area contributed by atoms with E-state index in [0.29, 0.717) is 28.8 Å². The zero-order chi connectivity index (χ0) is 18.8. The van der Waals surface area contributed by atoms with E-state index in [0.717, 1.165) is 10.0 Å². The standard InChI is InChI=1S/C18H19BrN4O3/c1-10-15-11(2)26-18(16(15)17(25)22-21-10)20-14(24)9-23(3)8-12-4-6-13(19)7-5-12/h4-7H,8-9H2,1-3H3,(H,20,24)(H,22,25). The SMILES string of the molecule is Cc1n[nH]c(=O)c2c(NC(=O)CN(C)Cc3ccc(Br)cc3)oc(C)c12. The van der Waals surface area contributed by atoms with Gasteiger partial charge in [-0.3, -0.25) is 19.8 Å². The molecule has 3 rings (SSSR count). The number of furan rings is 1. The van der Waals surface area contributed by atoms with Gasteiger partial charge in [0, 0.05) is 11.0 Å². The number of H-pyrrole nitrogens is 1. The van der Waals surface area contributed by atoms with Crippen LogP contribution in [0, 0.1) is 13.8 Å². The fourth-order valence-electron chi connectivity index (χ4n) is 2.90. The molecule has 2 aromatic heterocycles. The summed E-state index contributed by atoms with van der Waals surface area (Å²) in [6, 6.07) is 7.92. The maximum atomic E-state index is 12.4. The number of nitrogens with zero attached hydrogens (tertiary/aromatic N) is 2. The second-order valence-corrected chi connectivity index (χ2v) is 7.14. The summed E-state index contributed by atoms with van der Waals surface area (Å²) >= 11 is 3.40. The van der Waals surface area contributed by atoms with Crippen LogP contribution < -0.4 is 10.9 Å². The van der Waals surface area contributed by atoms with E-state index in [9.17, 15) is 9.59 Å². The van der Waals surface area contributed by atoms with E-state index in [1.807, 2.05) is 36.2 Å². The molecule has 0 fully saturated rings. The number of halogens is 1. The maximum Gasteiger partial charge on any atom is 0.277 e. The number of carbonyl (C=O) groups is 1. The van der Waals surface area contributed by atoms with Crippen molar-refractivity contribution in [2.24, 2.45) is 0 Å². The van der Waals surface area contributed by atoms with Crippen LogP contribution in [0.5, 0.6) is 0 Å². The first kappa shape index (κ1) is 18.3. The van der Waals surface area contributed by atoms with Crippen LogP contribution in [0.3, 0.4) is 0 Å². The largest absolute Gasteiger partial charge is 0.444 e. The van der Waals surface area contributed by atoms with Gasteiger partial charge in [0.1, 0.15) is 11.1 Å². The van der Waals surface area contributed by atoms with Crippen LogP contribution >= 0.6 is 15.9 Å². The van der Waals surface area contributed by atoms with Gasteiger partial charge in [0.15, 0.2) is 0 Å². The van der Waals surface area contributed by atoms with Crippen LogP contribution in [0.25, 0.3) is 10.8 Å². The van der Waals surface area contributed by atoms with E-state index in [1.165, 1.54) is 0 Å². The minimum atomic E-state index is -0.388. The molecule has 0 atom stereocenters. The third kappa shape index (κ3) is 3.86. The molecule has 0 saturated heterocycles. The number of hydrogen-bond acceptors (Lipinski definition) is 5. The Hall–Kier alpha value is -2.45. The first-order valence-corrected chi connectivity index (χ1v) is 8.85. The van der Waals surface area contributed by atoms with Crippen LogP contribution in [0.1, 0.15) is 17.0 Å². The first-order valence-electron chi connectivity index (χ1n) is 8.06. The van der Waals surface area contributed by atoms with Crippen LogP contribution in [-0.2, 0) is 11.3 Å². The van der Waals surface area contributed by atoms with Crippen molar-refractivity contribution in [1.29, 1.82) is 0 Å². The summed E-state index contributed by atoms with van der Waals surface area (Å²) in [5.41, 5.74) is 1.36. The fraction of sp³-hybridized carbons (Fsp3) is 0.278. The summed E-state index contributed by atoms with van der Waals surface area (Å²) in [6.07, 6.45) is 0.